The van der Waals surface area contributed by atoms with Crippen LogP contribution in [-0.2, 0) is 17.9 Å². The van der Waals surface area contributed by atoms with E-state index in [1.807, 2.05) is 25.1 Å². The van der Waals surface area contributed by atoms with Crippen LogP contribution in [0.1, 0.15) is 32.1 Å². The highest BCUT2D eigenvalue weighted by molar-refractivity contribution is 5.12. The third kappa shape index (κ3) is 6.29. The van der Waals surface area contributed by atoms with Crippen LogP contribution in [0.3, 0.4) is 0 Å². The standard InChI is InChI=1S/C14H23NO2/c1-4-5-6-16-11-14-7-13(10-17-14)9-15-8-12(2)3/h4-5,7,10,12,15H,6,8-9,11H2,1-3H3. The van der Waals surface area contributed by atoms with E-state index in [0.717, 1.165) is 18.8 Å². The zero-order valence-corrected chi connectivity index (χ0v) is 11.0. The van der Waals surface area contributed by atoms with Crippen LogP contribution in [0.5, 0.6) is 0 Å². The van der Waals surface area contributed by atoms with Crippen molar-refractivity contribution >= 4 is 0 Å². The van der Waals surface area contributed by atoms with Crippen molar-refractivity contribution in [3.8, 4) is 0 Å². The predicted octanol–water partition coefficient (Wildman–Crippen LogP) is 3.12. The van der Waals surface area contributed by atoms with Crippen LogP contribution in [0, 0.1) is 5.92 Å². The van der Waals surface area contributed by atoms with E-state index < -0.39 is 0 Å². The molecule has 3 nitrogen and oxygen atoms in total. The van der Waals surface area contributed by atoms with Crippen molar-refractivity contribution in [2.75, 3.05) is 13.2 Å². The van der Waals surface area contributed by atoms with Gasteiger partial charge < -0.3 is 14.5 Å². The molecule has 3 heteroatoms. The minimum absolute atomic E-state index is 0.536. The van der Waals surface area contributed by atoms with E-state index in [9.17, 15) is 0 Å². The molecule has 0 saturated carbocycles. The molecule has 0 fully saturated rings. The summed E-state index contributed by atoms with van der Waals surface area (Å²) in [5.41, 5.74) is 1.18. The van der Waals surface area contributed by atoms with E-state index in [4.69, 9.17) is 9.15 Å². The van der Waals surface area contributed by atoms with Crippen LogP contribution in [-0.4, -0.2) is 13.2 Å². The van der Waals surface area contributed by atoms with Gasteiger partial charge >= 0.3 is 0 Å². The second-order valence-corrected chi connectivity index (χ2v) is 4.53. The Morgan fingerprint density at radius 1 is 1.47 bits per heavy atom. The van der Waals surface area contributed by atoms with Crippen LogP contribution in [0.2, 0.25) is 0 Å². The van der Waals surface area contributed by atoms with E-state index in [2.05, 4.69) is 19.2 Å². The Bertz CT molecular complexity index is 329. The van der Waals surface area contributed by atoms with Crippen molar-refractivity contribution < 1.29 is 9.15 Å². The number of rotatable bonds is 8. The van der Waals surface area contributed by atoms with Crippen LogP contribution in [0.4, 0.5) is 0 Å². The third-order valence-electron chi connectivity index (χ3n) is 2.28. The lowest BCUT2D eigenvalue weighted by Crippen LogP contribution is -2.18. The zero-order chi connectivity index (χ0) is 12.5. The van der Waals surface area contributed by atoms with E-state index in [0.29, 0.717) is 19.1 Å². The molecule has 0 spiro atoms. The average Bonchev–Trinajstić information content (AvgIpc) is 2.72. The fraction of sp³-hybridized carbons (Fsp3) is 0.571. The van der Waals surface area contributed by atoms with Gasteiger partial charge in [-0.05, 0) is 25.5 Å². The van der Waals surface area contributed by atoms with Gasteiger partial charge in [0.25, 0.3) is 0 Å². The van der Waals surface area contributed by atoms with Gasteiger partial charge in [-0.3, -0.25) is 0 Å². The van der Waals surface area contributed by atoms with Crippen molar-refractivity contribution in [1.29, 1.82) is 0 Å². The summed E-state index contributed by atoms with van der Waals surface area (Å²) in [7, 11) is 0. The smallest absolute Gasteiger partial charge is 0.129 e. The number of hydrogen-bond acceptors (Lipinski definition) is 3. The molecule has 1 N–H and O–H groups in total. The van der Waals surface area contributed by atoms with Gasteiger partial charge in [0, 0.05) is 12.1 Å². The molecular weight excluding hydrogens is 214 g/mol. The van der Waals surface area contributed by atoms with Crippen molar-refractivity contribution in [2.24, 2.45) is 5.92 Å². The van der Waals surface area contributed by atoms with Crippen LogP contribution in [0.15, 0.2) is 28.9 Å². The maximum absolute atomic E-state index is 5.42. The fourth-order valence-electron chi connectivity index (χ4n) is 1.42. The summed E-state index contributed by atoms with van der Waals surface area (Å²) in [6.45, 7) is 9.43. The Morgan fingerprint density at radius 2 is 2.29 bits per heavy atom. The summed E-state index contributed by atoms with van der Waals surface area (Å²) >= 11 is 0. The molecule has 1 rings (SSSR count). The quantitative estimate of drug-likeness (QED) is 0.557. The summed E-state index contributed by atoms with van der Waals surface area (Å²) in [5, 5.41) is 3.38. The topological polar surface area (TPSA) is 34.4 Å². The van der Waals surface area contributed by atoms with Crippen LogP contribution < -0.4 is 5.32 Å². The summed E-state index contributed by atoms with van der Waals surface area (Å²) in [5.74, 6) is 1.56. The lowest BCUT2D eigenvalue weighted by Gasteiger charge is -2.04. The second-order valence-electron chi connectivity index (χ2n) is 4.53. The average molecular weight is 237 g/mol. The lowest BCUT2D eigenvalue weighted by molar-refractivity contribution is 0.131. The van der Waals surface area contributed by atoms with Gasteiger partial charge in [0.2, 0.25) is 0 Å². The Kier molecular flexibility index (Phi) is 6.67. The van der Waals surface area contributed by atoms with Crippen LogP contribution in [0.25, 0.3) is 0 Å². The Labute approximate surface area is 104 Å². The molecule has 1 heterocycles. The normalized spacial score (nSPS) is 11.8. The molecule has 17 heavy (non-hydrogen) atoms. The summed E-state index contributed by atoms with van der Waals surface area (Å²) in [6.07, 6.45) is 5.75. The van der Waals surface area contributed by atoms with Gasteiger partial charge in [0.05, 0.1) is 12.9 Å². The first kappa shape index (κ1) is 14.0. The minimum Gasteiger partial charge on any atom is -0.467 e. The van der Waals surface area contributed by atoms with Crippen molar-refractivity contribution in [2.45, 2.75) is 33.9 Å². The van der Waals surface area contributed by atoms with E-state index in [-0.39, 0.29) is 0 Å². The minimum atomic E-state index is 0.536. The van der Waals surface area contributed by atoms with E-state index in [1.54, 1.807) is 6.26 Å². The van der Waals surface area contributed by atoms with Gasteiger partial charge in [-0.1, -0.05) is 26.0 Å². The third-order valence-corrected chi connectivity index (χ3v) is 2.28. The molecule has 0 aromatic carbocycles. The highest BCUT2D eigenvalue weighted by Crippen LogP contribution is 2.09. The largest absolute Gasteiger partial charge is 0.467 e. The molecule has 0 aliphatic heterocycles. The Morgan fingerprint density at radius 3 is 3.00 bits per heavy atom. The van der Waals surface area contributed by atoms with Crippen molar-refractivity contribution in [1.82, 2.24) is 5.32 Å². The molecule has 96 valence electrons. The summed E-state index contributed by atoms with van der Waals surface area (Å²) in [6, 6.07) is 2.04. The molecule has 1 aromatic rings. The highest BCUT2D eigenvalue weighted by Gasteiger charge is 2.02. The van der Waals surface area contributed by atoms with Gasteiger partial charge in [-0.15, -0.1) is 0 Å². The number of nitrogens with one attached hydrogen (secondary N) is 1. The van der Waals surface area contributed by atoms with Gasteiger partial charge in [0.15, 0.2) is 0 Å². The van der Waals surface area contributed by atoms with Gasteiger partial charge in [-0.25, -0.2) is 0 Å². The van der Waals surface area contributed by atoms with Crippen molar-refractivity contribution in [3.63, 3.8) is 0 Å². The summed E-state index contributed by atoms with van der Waals surface area (Å²) < 4.78 is 10.8. The summed E-state index contributed by atoms with van der Waals surface area (Å²) in [4.78, 5) is 0. The zero-order valence-electron chi connectivity index (χ0n) is 11.0. The van der Waals surface area contributed by atoms with Gasteiger partial charge in [0.1, 0.15) is 12.4 Å². The first-order valence-electron chi connectivity index (χ1n) is 6.18. The predicted molar refractivity (Wildman–Crippen MR) is 69.7 cm³/mol. The van der Waals surface area contributed by atoms with E-state index >= 15 is 0 Å². The molecule has 0 saturated heterocycles. The van der Waals surface area contributed by atoms with Crippen LogP contribution >= 0.6 is 0 Å². The fourth-order valence-corrected chi connectivity index (χ4v) is 1.42. The molecule has 0 radical (unpaired) electrons. The number of hydrogen-bond donors (Lipinski definition) is 1. The molecule has 0 unspecified atom stereocenters. The highest BCUT2D eigenvalue weighted by atomic mass is 16.5. The molecule has 0 amide bonds. The Hall–Kier alpha value is -1.06. The monoisotopic (exact) mass is 237 g/mol. The Balaban J connectivity index is 2.22. The molecule has 0 atom stereocenters. The maximum Gasteiger partial charge on any atom is 0.129 e. The first-order valence-corrected chi connectivity index (χ1v) is 6.18. The molecule has 0 aliphatic rings. The number of furan rings is 1. The molecule has 0 bridgehead atoms. The second kappa shape index (κ2) is 8.09. The molecule has 0 aliphatic carbocycles. The number of allylic oxidation sites excluding steroid dienone is 1. The SMILES string of the molecule is CC=CCOCc1cc(CNCC(C)C)co1. The van der Waals surface area contributed by atoms with Gasteiger partial charge in [-0.2, -0.15) is 0 Å². The lowest BCUT2D eigenvalue weighted by atomic mass is 10.2. The van der Waals surface area contributed by atoms with E-state index in [1.165, 1.54) is 5.56 Å². The van der Waals surface area contributed by atoms with Crippen molar-refractivity contribution in [3.05, 3.63) is 35.8 Å². The first-order chi connectivity index (χ1) is 8.22. The molecular formula is C14H23NO2. The molecule has 1 aromatic heterocycles. The maximum atomic E-state index is 5.42. The number of ether oxygens (including phenoxy) is 1.